The maximum absolute atomic E-state index is 4.78. The number of rotatable bonds is 6. The Bertz CT molecular complexity index is 1450. The highest BCUT2D eigenvalue weighted by Gasteiger charge is 2.29. The van der Waals surface area contributed by atoms with Gasteiger partial charge in [-0.1, -0.05) is 17.7 Å². The van der Waals surface area contributed by atoms with E-state index in [0.29, 0.717) is 6.54 Å². The minimum absolute atomic E-state index is 0.252. The van der Waals surface area contributed by atoms with E-state index in [4.69, 9.17) is 4.98 Å². The number of hydrogen-bond acceptors (Lipinski definition) is 7. The summed E-state index contributed by atoms with van der Waals surface area (Å²) in [5, 5.41) is 17.0. The molecule has 10 nitrogen and oxygen atoms in total. The van der Waals surface area contributed by atoms with Crippen LogP contribution in [0.25, 0.3) is 22.6 Å². The van der Waals surface area contributed by atoms with Crippen LogP contribution >= 0.6 is 0 Å². The van der Waals surface area contributed by atoms with Crippen LogP contribution in [0.4, 0.5) is 0 Å². The van der Waals surface area contributed by atoms with E-state index in [1.54, 1.807) is 29.5 Å². The van der Waals surface area contributed by atoms with Gasteiger partial charge in [-0.05, 0) is 50.9 Å². The normalized spacial score (nSPS) is 16.2. The van der Waals surface area contributed by atoms with Crippen LogP contribution in [0.2, 0.25) is 0 Å². The second-order valence-electron chi connectivity index (χ2n) is 9.78. The van der Waals surface area contributed by atoms with Crippen molar-refractivity contribution in [2.75, 3.05) is 6.54 Å². The number of piperidine rings is 1. The zero-order chi connectivity index (χ0) is 23.8. The average Bonchev–Trinajstić information content (AvgIpc) is 3.61. The Balaban J connectivity index is 1.18. The smallest absolute Gasteiger partial charge is 0.137 e. The third-order valence-electron chi connectivity index (χ3n) is 6.79. The number of fused-ring (bicyclic) bond motifs is 1. The number of pyridine rings is 2. The molecule has 35 heavy (non-hydrogen) atoms. The van der Waals surface area contributed by atoms with Gasteiger partial charge >= 0.3 is 0 Å². The van der Waals surface area contributed by atoms with Gasteiger partial charge in [0.2, 0.25) is 0 Å². The van der Waals surface area contributed by atoms with Crippen LogP contribution in [0, 0.1) is 0 Å². The van der Waals surface area contributed by atoms with Crippen LogP contribution in [0.15, 0.2) is 61.6 Å². The minimum Gasteiger partial charge on any atom is -0.306 e. The lowest BCUT2D eigenvalue weighted by Crippen LogP contribution is -2.46. The van der Waals surface area contributed by atoms with Gasteiger partial charge in [-0.15, -0.1) is 5.10 Å². The maximum Gasteiger partial charge on any atom is 0.137 e. The summed E-state index contributed by atoms with van der Waals surface area (Å²) < 4.78 is 3.91. The first-order valence-electron chi connectivity index (χ1n) is 12.0. The molecule has 178 valence electrons. The molecule has 0 radical (unpaired) electrons. The summed E-state index contributed by atoms with van der Waals surface area (Å²) in [4.78, 5) is 13.2. The van der Waals surface area contributed by atoms with Crippen LogP contribution in [-0.2, 0) is 13.1 Å². The van der Waals surface area contributed by atoms with Crippen molar-refractivity contribution in [1.29, 1.82) is 0 Å². The Kier molecular flexibility index (Phi) is 5.37. The van der Waals surface area contributed by atoms with E-state index in [1.165, 1.54) is 29.6 Å². The second kappa shape index (κ2) is 8.70. The lowest BCUT2D eigenvalue weighted by atomic mass is 9.90. The van der Waals surface area contributed by atoms with Gasteiger partial charge in [-0.25, -0.2) is 9.67 Å². The topological polar surface area (TPSA) is 94.8 Å². The summed E-state index contributed by atoms with van der Waals surface area (Å²) in [6.45, 7) is 7.37. The first-order valence-corrected chi connectivity index (χ1v) is 12.0. The van der Waals surface area contributed by atoms with Crippen molar-refractivity contribution in [3.63, 3.8) is 0 Å². The molecule has 0 N–H and O–H groups in total. The SMILES string of the molecule is CC1(C)CCCCN1Cc1ccc2nc(Cn3cc(-c4cncc(-n5nccn5)c4)nn3)cn2c1. The summed E-state index contributed by atoms with van der Waals surface area (Å²) in [5.41, 5.74) is 5.79. The van der Waals surface area contributed by atoms with Crippen molar-refractivity contribution in [1.82, 2.24) is 49.3 Å². The third-order valence-corrected chi connectivity index (χ3v) is 6.79. The zero-order valence-electron chi connectivity index (χ0n) is 20.0. The fraction of sp³-hybridized carbons (Fsp3) is 0.360. The van der Waals surface area contributed by atoms with E-state index >= 15 is 0 Å². The molecule has 5 aromatic rings. The van der Waals surface area contributed by atoms with E-state index in [1.807, 2.05) is 12.3 Å². The molecule has 10 heteroatoms. The summed E-state index contributed by atoms with van der Waals surface area (Å²) in [6, 6.07) is 6.24. The number of likely N-dealkylation sites (tertiary alicyclic amines) is 1. The van der Waals surface area contributed by atoms with E-state index in [2.05, 4.69) is 73.2 Å². The van der Waals surface area contributed by atoms with Gasteiger partial charge in [0.25, 0.3) is 0 Å². The van der Waals surface area contributed by atoms with Crippen molar-refractivity contribution >= 4 is 5.65 Å². The molecule has 0 unspecified atom stereocenters. The van der Waals surface area contributed by atoms with E-state index in [-0.39, 0.29) is 5.54 Å². The Labute approximate surface area is 203 Å². The van der Waals surface area contributed by atoms with Gasteiger partial charge in [0.1, 0.15) is 17.0 Å². The molecule has 0 amide bonds. The van der Waals surface area contributed by atoms with Crippen molar-refractivity contribution in [2.24, 2.45) is 0 Å². The largest absolute Gasteiger partial charge is 0.306 e. The number of aromatic nitrogens is 9. The maximum atomic E-state index is 4.78. The minimum atomic E-state index is 0.252. The van der Waals surface area contributed by atoms with Gasteiger partial charge < -0.3 is 4.40 Å². The Morgan fingerprint density at radius 3 is 2.71 bits per heavy atom. The first-order chi connectivity index (χ1) is 17.0. The molecule has 5 aromatic heterocycles. The fourth-order valence-electron chi connectivity index (χ4n) is 4.79. The third kappa shape index (κ3) is 4.44. The molecular weight excluding hydrogens is 440 g/mol. The van der Waals surface area contributed by atoms with Crippen molar-refractivity contribution in [3.05, 3.63) is 72.8 Å². The average molecular weight is 469 g/mol. The molecule has 0 spiro atoms. The quantitative estimate of drug-likeness (QED) is 0.377. The predicted octanol–water partition coefficient (Wildman–Crippen LogP) is 3.38. The molecule has 0 aliphatic carbocycles. The molecule has 0 saturated carbocycles. The van der Waals surface area contributed by atoms with Crippen LogP contribution in [0.1, 0.15) is 44.4 Å². The Morgan fingerprint density at radius 2 is 1.86 bits per heavy atom. The molecule has 1 saturated heterocycles. The van der Waals surface area contributed by atoms with Gasteiger partial charge in [-0.2, -0.15) is 15.0 Å². The fourth-order valence-corrected chi connectivity index (χ4v) is 4.79. The summed E-state index contributed by atoms with van der Waals surface area (Å²) >= 11 is 0. The van der Waals surface area contributed by atoms with Gasteiger partial charge in [0, 0.05) is 36.2 Å². The molecular formula is C25H28N10. The molecule has 6 rings (SSSR count). The monoisotopic (exact) mass is 468 g/mol. The summed E-state index contributed by atoms with van der Waals surface area (Å²) in [7, 11) is 0. The summed E-state index contributed by atoms with van der Waals surface area (Å²) in [6.07, 6.45) is 16.8. The number of nitrogens with zero attached hydrogens (tertiary/aromatic N) is 10. The Hall–Kier alpha value is -3.92. The van der Waals surface area contributed by atoms with E-state index in [9.17, 15) is 0 Å². The van der Waals surface area contributed by atoms with Crippen LogP contribution in [0.3, 0.4) is 0 Å². The molecule has 1 aliphatic heterocycles. The molecule has 1 fully saturated rings. The van der Waals surface area contributed by atoms with Crippen LogP contribution in [0.5, 0.6) is 0 Å². The van der Waals surface area contributed by atoms with Gasteiger partial charge in [0.05, 0.1) is 37.0 Å². The molecule has 1 aliphatic rings. The lowest BCUT2D eigenvalue weighted by molar-refractivity contribution is 0.0691. The van der Waals surface area contributed by atoms with Crippen molar-refractivity contribution < 1.29 is 0 Å². The molecule has 0 aromatic carbocycles. The summed E-state index contributed by atoms with van der Waals surface area (Å²) in [5.74, 6) is 0. The number of hydrogen-bond donors (Lipinski definition) is 0. The standard InChI is InChI=1S/C25H28N10/c1-25(2)7-3-4-10-33(25)15-19-5-6-24-29-21(16-32(24)14-19)17-34-18-23(30-31-34)20-11-22(13-26-12-20)35-27-8-9-28-35/h5-6,8-9,11-14,16,18H,3-4,7,10,15,17H2,1-2H3. The first kappa shape index (κ1) is 21.6. The van der Waals surface area contributed by atoms with Crippen molar-refractivity contribution in [3.8, 4) is 16.9 Å². The molecule has 6 heterocycles. The Morgan fingerprint density at radius 1 is 0.971 bits per heavy atom. The van der Waals surface area contributed by atoms with Crippen LogP contribution in [-0.4, -0.2) is 61.3 Å². The van der Waals surface area contributed by atoms with Gasteiger partial charge in [0.15, 0.2) is 0 Å². The highest BCUT2D eigenvalue weighted by Crippen LogP contribution is 2.29. The van der Waals surface area contributed by atoms with Gasteiger partial charge in [-0.3, -0.25) is 9.88 Å². The second-order valence-corrected chi connectivity index (χ2v) is 9.78. The molecule has 0 atom stereocenters. The number of imidazole rings is 1. The zero-order valence-corrected chi connectivity index (χ0v) is 20.0. The lowest BCUT2D eigenvalue weighted by Gasteiger charge is -2.42. The molecule has 0 bridgehead atoms. The van der Waals surface area contributed by atoms with Crippen molar-refractivity contribution in [2.45, 2.75) is 51.7 Å². The van der Waals surface area contributed by atoms with E-state index in [0.717, 1.165) is 41.4 Å². The van der Waals surface area contributed by atoms with Crippen LogP contribution < -0.4 is 0 Å². The van der Waals surface area contributed by atoms with E-state index < -0.39 is 0 Å². The highest BCUT2D eigenvalue weighted by atomic mass is 15.5. The predicted molar refractivity (Wildman–Crippen MR) is 131 cm³/mol. The highest BCUT2D eigenvalue weighted by molar-refractivity contribution is 5.59.